The third kappa shape index (κ3) is 6.67. The van der Waals surface area contributed by atoms with Crippen molar-refractivity contribution in [1.82, 2.24) is 26.2 Å². The van der Waals surface area contributed by atoms with E-state index >= 15 is 0 Å². The Labute approximate surface area is 273 Å². The second kappa shape index (κ2) is 12.4. The van der Waals surface area contributed by atoms with E-state index in [4.69, 9.17) is 0 Å². The smallest absolute Gasteiger partial charge is 0.315 e. The fourth-order valence-electron chi connectivity index (χ4n) is 8.24. The summed E-state index contributed by atoms with van der Waals surface area (Å²) < 4.78 is 25.4. The summed E-state index contributed by atoms with van der Waals surface area (Å²) in [5.74, 6) is -2.17. The normalized spacial score (nSPS) is 30.1. The lowest BCUT2D eigenvalue weighted by atomic mass is 9.78. The van der Waals surface area contributed by atoms with E-state index in [0.29, 0.717) is 38.6 Å². The minimum Gasteiger partial charge on any atom is -0.347 e. The minimum atomic E-state index is -3.28. The third-order valence-electron chi connectivity index (χ3n) is 11.3. The summed E-state index contributed by atoms with van der Waals surface area (Å²) in [5.41, 5.74) is -1.78. The Kier molecular flexibility index (Phi) is 9.33. The quantitative estimate of drug-likeness (QED) is 0.246. The van der Waals surface area contributed by atoms with Gasteiger partial charge in [0.15, 0.2) is 9.84 Å². The van der Waals surface area contributed by atoms with Gasteiger partial charge in [0.2, 0.25) is 17.6 Å². The van der Waals surface area contributed by atoms with Gasteiger partial charge in [0.25, 0.3) is 5.91 Å². The van der Waals surface area contributed by atoms with E-state index in [9.17, 15) is 32.4 Å². The summed E-state index contributed by atoms with van der Waals surface area (Å²) in [6.07, 6.45) is 6.82. The van der Waals surface area contributed by atoms with Crippen LogP contribution in [0, 0.1) is 22.7 Å². The standard InChI is InChI=1S/C33H53N5O7S/c1-7-11-21(25(39)28(41)34-19-12-13-19)35-27(40)24-23-20(32(23,5)6)18-38(24)29(42)26(31(2,3)4)36-30(43)37-33(15-9-8-10-16-33)22-14-17-46(22,44)45/h19-24,26H,7-18H2,1-6H3,(H,34,41)(H,35,40)(H2,36,37,43)/t20-,21-,22-,23?,24-,26+/m0/s1. The van der Waals surface area contributed by atoms with Gasteiger partial charge >= 0.3 is 6.03 Å². The number of nitrogens with one attached hydrogen (secondary N) is 4. The molecule has 2 aliphatic heterocycles. The lowest BCUT2D eigenvalue weighted by Crippen LogP contribution is -2.67. The van der Waals surface area contributed by atoms with E-state index in [1.165, 1.54) is 4.90 Å². The van der Waals surface area contributed by atoms with Crippen LogP contribution in [0.4, 0.5) is 4.79 Å². The molecule has 3 aliphatic carbocycles. The maximum atomic E-state index is 14.4. The number of piperidine rings is 1. The molecule has 258 valence electrons. The number of urea groups is 1. The second-order valence-corrected chi connectivity index (χ2v) is 18.4. The van der Waals surface area contributed by atoms with E-state index in [-0.39, 0.29) is 29.0 Å². The van der Waals surface area contributed by atoms with E-state index in [0.717, 1.165) is 32.1 Å². The number of nitrogens with zero attached hydrogens (tertiary/aromatic N) is 1. The van der Waals surface area contributed by atoms with Crippen molar-refractivity contribution in [2.24, 2.45) is 22.7 Å². The van der Waals surface area contributed by atoms with Crippen molar-refractivity contribution in [2.75, 3.05) is 12.3 Å². The van der Waals surface area contributed by atoms with Gasteiger partial charge in [-0.3, -0.25) is 19.2 Å². The number of ketones is 1. The Morgan fingerprint density at radius 1 is 0.957 bits per heavy atom. The molecular weight excluding hydrogens is 610 g/mol. The van der Waals surface area contributed by atoms with Crippen molar-refractivity contribution in [3.8, 4) is 0 Å². The molecule has 6 atom stereocenters. The highest BCUT2D eigenvalue weighted by molar-refractivity contribution is 7.93. The van der Waals surface area contributed by atoms with E-state index in [2.05, 4.69) is 35.1 Å². The number of sulfone groups is 1. The van der Waals surface area contributed by atoms with Crippen molar-refractivity contribution in [1.29, 1.82) is 0 Å². The SMILES string of the molecule is CCC[C@H](NC(=O)[C@@H]1C2[C@H](CN1C(=O)[C@@H](NC(=O)NC1([C@@H]3CCS3(=O)=O)CCCCC1)C(C)(C)C)C2(C)C)C(=O)C(=O)NC1CC1. The van der Waals surface area contributed by atoms with Crippen LogP contribution in [0.3, 0.4) is 0 Å². The molecule has 0 aromatic heterocycles. The molecule has 3 saturated carbocycles. The molecule has 5 rings (SSSR count). The van der Waals surface area contributed by atoms with Crippen molar-refractivity contribution in [3.63, 3.8) is 0 Å². The fourth-order valence-corrected chi connectivity index (χ4v) is 10.1. The molecule has 2 heterocycles. The molecular formula is C33H53N5O7S. The van der Waals surface area contributed by atoms with Gasteiger partial charge in [-0.05, 0) is 61.2 Å². The highest BCUT2D eigenvalue weighted by Crippen LogP contribution is 2.65. The van der Waals surface area contributed by atoms with E-state index in [1.54, 1.807) is 0 Å². The molecule has 5 amide bonds. The number of rotatable bonds is 11. The maximum absolute atomic E-state index is 14.4. The van der Waals surface area contributed by atoms with Crippen molar-refractivity contribution < 1.29 is 32.4 Å². The Bertz CT molecular complexity index is 1360. The van der Waals surface area contributed by atoms with Crippen LogP contribution >= 0.6 is 0 Å². The first kappa shape index (κ1) is 34.6. The predicted molar refractivity (Wildman–Crippen MR) is 172 cm³/mol. The Morgan fingerprint density at radius 3 is 2.13 bits per heavy atom. The van der Waals surface area contributed by atoms with Crippen molar-refractivity contribution >= 4 is 39.4 Å². The number of likely N-dealkylation sites (tertiary alicyclic amines) is 1. The molecule has 13 heteroatoms. The largest absolute Gasteiger partial charge is 0.347 e. The molecule has 0 radical (unpaired) electrons. The summed E-state index contributed by atoms with van der Waals surface area (Å²) in [4.78, 5) is 69.1. The average Bonchev–Trinajstić information content (AvgIpc) is 3.81. The first-order chi connectivity index (χ1) is 21.4. The molecule has 0 bridgehead atoms. The summed E-state index contributed by atoms with van der Waals surface area (Å²) in [7, 11) is -3.28. The number of hydrogen-bond acceptors (Lipinski definition) is 7. The zero-order valence-electron chi connectivity index (χ0n) is 28.2. The Balaban J connectivity index is 1.33. The first-order valence-corrected chi connectivity index (χ1v) is 18.9. The average molecular weight is 664 g/mol. The van der Waals surface area contributed by atoms with Crippen LogP contribution < -0.4 is 21.3 Å². The van der Waals surface area contributed by atoms with E-state index in [1.807, 2.05) is 27.7 Å². The number of fused-ring (bicyclic) bond motifs is 1. The van der Waals surface area contributed by atoms with Gasteiger partial charge < -0.3 is 26.2 Å². The Hall–Kier alpha value is -2.70. The summed E-state index contributed by atoms with van der Waals surface area (Å²) in [6.45, 7) is 11.9. The number of hydrogen-bond donors (Lipinski definition) is 4. The van der Waals surface area contributed by atoms with Crippen LogP contribution in [-0.4, -0.2) is 90.1 Å². The van der Waals surface area contributed by atoms with Gasteiger partial charge in [0, 0.05) is 12.6 Å². The zero-order valence-corrected chi connectivity index (χ0v) is 29.1. The molecule has 5 fully saturated rings. The molecule has 0 aromatic carbocycles. The first-order valence-electron chi connectivity index (χ1n) is 17.2. The molecule has 0 aromatic rings. The van der Waals surface area contributed by atoms with Gasteiger partial charge in [0.05, 0.1) is 22.6 Å². The molecule has 1 unspecified atom stereocenters. The lowest BCUT2D eigenvalue weighted by molar-refractivity contribution is -0.145. The molecule has 0 spiro atoms. The molecule has 4 N–H and O–H groups in total. The second-order valence-electron chi connectivity index (χ2n) is 16.1. The maximum Gasteiger partial charge on any atom is 0.315 e. The van der Waals surface area contributed by atoms with Gasteiger partial charge in [-0.15, -0.1) is 0 Å². The van der Waals surface area contributed by atoms with Crippen LogP contribution in [0.15, 0.2) is 0 Å². The van der Waals surface area contributed by atoms with Crippen LogP contribution in [0.5, 0.6) is 0 Å². The molecule has 46 heavy (non-hydrogen) atoms. The summed E-state index contributed by atoms with van der Waals surface area (Å²) in [5, 5.41) is 10.8. The van der Waals surface area contributed by atoms with Crippen molar-refractivity contribution in [2.45, 2.75) is 141 Å². The Morgan fingerprint density at radius 2 is 1.61 bits per heavy atom. The van der Waals surface area contributed by atoms with Crippen LogP contribution in [0.2, 0.25) is 0 Å². The summed E-state index contributed by atoms with van der Waals surface area (Å²) >= 11 is 0. The van der Waals surface area contributed by atoms with Gasteiger partial charge in [-0.2, -0.15) is 0 Å². The molecule has 12 nitrogen and oxygen atoms in total. The van der Waals surface area contributed by atoms with Gasteiger partial charge in [-0.1, -0.05) is 67.2 Å². The topological polar surface area (TPSA) is 171 Å². The zero-order chi connectivity index (χ0) is 33.8. The van der Waals surface area contributed by atoms with Gasteiger partial charge in [0.1, 0.15) is 12.1 Å². The molecule has 5 aliphatic rings. The van der Waals surface area contributed by atoms with Crippen LogP contribution in [-0.2, 0) is 29.0 Å². The predicted octanol–water partition coefficient (Wildman–Crippen LogP) is 2.21. The number of amides is 5. The lowest BCUT2D eigenvalue weighted by Gasteiger charge is -2.47. The number of carbonyl (C=O) groups excluding carboxylic acids is 5. The highest BCUT2D eigenvalue weighted by Gasteiger charge is 2.70. The van der Waals surface area contributed by atoms with Crippen LogP contribution in [0.25, 0.3) is 0 Å². The van der Waals surface area contributed by atoms with E-state index < -0.39 is 73.7 Å². The van der Waals surface area contributed by atoms with Crippen molar-refractivity contribution in [3.05, 3.63) is 0 Å². The third-order valence-corrected chi connectivity index (χ3v) is 13.7. The monoisotopic (exact) mass is 663 g/mol. The number of carbonyl (C=O) groups is 5. The fraction of sp³-hybridized carbons (Fsp3) is 0.848. The van der Waals surface area contributed by atoms with Gasteiger partial charge in [-0.25, -0.2) is 13.2 Å². The summed E-state index contributed by atoms with van der Waals surface area (Å²) in [6, 6.07) is -3.43. The number of Topliss-reactive ketones (excluding diaryl/α,β-unsaturated/α-hetero) is 1. The highest BCUT2D eigenvalue weighted by atomic mass is 32.2. The molecule has 2 saturated heterocycles. The minimum absolute atomic E-state index is 0.00976. The van der Waals surface area contributed by atoms with Crippen LogP contribution in [0.1, 0.15) is 106 Å².